The summed E-state index contributed by atoms with van der Waals surface area (Å²) in [5, 5.41) is 18.9. The van der Waals surface area contributed by atoms with Crippen LogP contribution in [0.4, 0.5) is 0 Å². The van der Waals surface area contributed by atoms with Crippen molar-refractivity contribution in [3.05, 3.63) is 69.4 Å². The molecule has 2 N–H and O–H groups in total. The molecule has 2 aromatic carbocycles. The fourth-order valence-corrected chi connectivity index (χ4v) is 3.25. The summed E-state index contributed by atoms with van der Waals surface area (Å²) < 4.78 is 8.21. The average molecular weight is 455 g/mol. The molecule has 0 fully saturated rings. The van der Waals surface area contributed by atoms with Gasteiger partial charge in [0.1, 0.15) is 11.4 Å². The van der Waals surface area contributed by atoms with Crippen molar-refractivity contribution in [3.8, 4) is 28.5 Å². The van der Waals surface area contributed by atoms with Crippen molar-refractivity contribution < 1.29 is 4.74 Å². The monoisotopic (exact) mass is 454 g/mol. The van der Waals surface area contributed by atoms with E-state index >= 15 is 0 Å². The number of methoxy groups -OCH3 is 1. The highest BCUT2D eigenvalue weighted by Crippen LogP contribution is 2.24. The summed E-state index contributed by atoms with van der Waals surface area (Å²) in [7, 11) is 1.62. The summed E-state index contributed by atoms with van der Waals surface area (Å²) in [5.41, 5.74) is 3.33. The zero-order valence-corrected chi connectivity index (χ0v) is 17.2. The molecule has 2 heterocycles. The molecule has 28 heavy (non-hydrogen) atoms. The van der Waals surface area contributed by atoms with Gasteiger partial charge >= 0.3 is 0 Å². The van der Waals surface area contributed by atoms with Crippen LogP contribution in [0.5, 0.6) is 5.75 Å². The van der Waals surface area contributed by atoms with Crippen LogP contribution in [0.2, 0.25) is 0 Å². The minimum absolute atomic E-state index is 0.371. The largest absolute Gasteiger partial charge is 0.496 e. The van der Waals surface area contributed by atoms with Crippen molar-refractivity contribution in [2.75, 3.05) is 7.11 Å². The maximum Gasteiger partial charge on any atom is 0.216 e. The SMILES string of the molecule is COc1ccc(Br)cc1/C=N/n1c(-c2cc(-c3ccccc3)n[nH]2)n[nH]c1=S. The molecule has 4 rings (SSSR count). The van der Waals surface area contributed by atoms with Gasteiger partial charge in [0.05, 0.1) is 19.0 Å². The van der Waals surface area contributed by atoms with E-state index in [4.69, 9.17) is 17.0 Å². The number of aromatic amines is 2. The van der Waals surface area contributed by atoms with Crippen LogP contribution in [0, 0.1) is 4.77 Å². The number of H-pyrrole nitrogens is 2. The molecule has 9 heteroatoms. The molecule has 4 aromatic rings. The predicted octanol–water partition coefficient (Wildman–Crippen LogP) is 4.65. The van der Waals surface area contributed by atoms with Gasteiger partial charge in [0, 0.05) is 15.6 Å². The minimum atomic E-state index is 0.371. The Kier molecular flexibility index (Phi) is 5.18. The number of hydrogen-bond donors (Lipinski definition) is 2. The normalized spacial score (nSPS) is 11.2. The second-order valence-electron chi connectivity index (χ2n) is 5.83. The Hall–Kier alpha value is -3.04. The van der Waals surface area contributed by atoms with Gasteiger partial charge in [-0.3, -0.25) is 5.10 Å². The fraction of sp³-hybridized carbons (Fsp3) is 0.0526. The molecule has 0 spiro atoms. The third-order valence-corrected chi connectivity index (χ3v) is 4.80. The minimum Gasteiger partial charge on any atom is -0.496 e. The summed E-state index contributed by atoms with van der Waals surface area (Å²) in [6.45, 7) is 0. The lowest BCUT2D eigenvalue weighted by Gasteiger charge is -2.04. The molecule has 0 atom stereocenters. The van der Waals surface area contributed by atoms with Gasteiger partial charge in [-0.25, -0.2) is 5.10 Å². The zero-order chi connectivity index (χ0) is 19.5. The van der Waals surface area contributed by atoms with Crippen LogP contribution >= 0.6 is 28.1 Å². The number of benzene rings is 2. The molecule has 0 bridgehead atoms. The Bertz CT molecular complexity index is 1190. The maximum absolute atomic E-state index is 5.38. The molecule has 2 aromatic heterocycles. The second-order valence-corrected chi connectivity index (χ2v) is 7.13. The molecule has 7 nitrogen and oxygen atoms in total. The molecule has 0 saturated carbocycles. The molecule has 140 valence electrons. The van der Waals surface area contributed by atoms with Crippen molar-refractivity contribution in [3.63, 3.8) is 0 Å². The number of halogens is 1. The number of aromatic nitrogens is 5. The molecule has 0 aliphatic heterocycles. The topological polar surface area (TPSA) is 83.9 Å². The number of hydrogen-bond acceptors (Lipinski definition) is 5. The van der Waals surface area contributed by atoms with Gasteiger partial charge in [0.25, 0.3) is 0 Å². The Morgan fingerprint density at radius 1 is 1.11 bits per heavy atom. The quantitative estimate of drug-likeness (QED) is 0.339. The van der Waals surface area contributed by atoms with E-state index in [1.807, 2.05) is 54.6 Å². The van der Waals surface area contributed by atoms with Crippen molar-refractivity contribution in [2.45, 2.75) is 0 Å². The van der Waals surface area contributed by atoms with Gasteiger partial charge < -0.3 is 4.74 Å². The highest BCUT2D eigenvalue weighted by atomic mass is 79.9. The van der Waals surface area contributed by atoms with E-state index < -0.39 is 0 Å². The lowest BCUT2D eigenvalue weighted by molar-refractivity contribution is 0.414. The summed E-state index contributed by atoms with van der Waals surface area (Å²) >= 11 is 8.79. The maximum atomic E-state index is 5.38. The number of ether oxygens (including phenoxy) is 1. The highest BCUT2D eigenvalue weighted by Gasteiger charge is 2.13. The molecule has 0 radical (unpaired) electrons. The van der Waals surface area contributed by atoms with Crippen molar-refractivity contribution in [2.24, 2.45) is 5.10 Å². The van der Waals surface area contributed by atoms with Crippen LogP contribution < -0.4 is 4.74 Å². The first kappa shape index (κ1) is 18.3. The van der Waals surface area contributed by atoms with E-state index in [0.29, 0.717) is 22.0 Å². The standard InChI is InChI=1S/C19H15BrN6OS/c1-27-17-8-7-14(20)9-13(17)11-21-26-18(24-25-19(26)28)16-10-15(22-23-16)12-5-3-2-4-6-12/h2-11H,1H3,(H,22,23)(H,25,28)/b21-11+. The van der Waals surface area contributed by atoms with Crippen LogP contribution in [-0.2, 0) is 0 Å². The molecular formula is C19H15BrN6OS. The third kappa shape index (κ3) is 3.67. The van der Waals surface area contributed by atoms with E-state index in [2.05, 4.69) is 41.4 Å². The molecule has 0 amide bonds. The average Bonchev–Trinajstić information content (AvgIpc) is 3.34. The molecular weight excluding hydrogens is 440 g/mol. The highest BCUT2D eigenvalue weighted by molar-refractivity contribution is 9.10. The van der Waals surface area contributed by atoms with Gasteiger partial charge in [-0.05, 0) is 36.5 Å². The van der Waals surface area contributed by atoms with E-state index in [1.54, 1.807) is 13.3 Å². The van der Waals surface area contributed by atoms with Gasteiger partial charge in [-0.15, -0.1) is 0 Å². The molecule has 0 aliphatic rings. The zero-order valence-electron chi connectivity index (χ0n) is 14.8. The third-order valence-electron chi connectivity index (χ3n) is 4.04. The first-order valence-electron chi connectivity index (χ1n) is 8.32. The summed E-state index contributed by atoms with van der Waals surface area (Å²) in [5.74, 6) is 1.24. The molecule has 0 saturated heterocycles. The Morgan fingerprint density at radius 2 is 1.93 bits per heavy atom. The van der Waals surface area contributed by atoms with E-state index in [1.165, 1.54) is 4.68 Å². The van der Waals surface area contributed by atoms with Crippen LogP contribution in [0.25, 0.3) is 22.8 Å². The molecule has 0 unspecified atom stereocenters. The van der Waals surface area contributed by atoms with Crippen LogP contribution in [0.3, 0.4) is 0 Å². The van der Waals surface area contributed by atoms with Gasteiger partial charge in [0.15, 0.2) is 0 Å². The van der Waals surface area contributed by atoms with E-state index in [0.717, 1.165) is 21.3 Å². The predicted molar refractivity (Wildman–Crippen MR) is 114 cm³/mol. The summed E-state index contributed by atoms with van der Waals surface area (Å²) in [4.78, 5) is 0. The van der Waals surface area contributed by atoms with Crippen LogP contribution in [0.1, 0.15) is 5.56 Å². The second kappa shape index (κ2) is 7.91. The Balaban J connectivity index is 1.71. The van der Waals surface area contributed by atoms with Crippen LogP contribution in [-0.4, -0.2) is 38.4 Å². The summed E-state index contributed by atoms with van der Waals surface area (Å²) in [6.07, 6.45) is 1.67. The lowest BCUT2D eigenvalue weighted by Crippen LogP contribution is -1.97. The Morgan fingerprint density at radius 3 is 2.71 bits per heavy atom. The fourth-order valence-electron chi connectivity index (χ4n) is 2.69. The lowest BCUT2D eigenvalue weighted by atomic mass is 10.1. The van der Waals surface area contributed by atoms with Crippen molar-refractivity contribution >= 4 is 34.4 Å². The number of nitrogens with one attached hydrogen (secondary N) is 2. The van der Waals surface area contributed by atoms with Gasteiger partial charge in [-0.2, -0.15) is 20.0 Å². The summed E-state index contributed by atoms with van der Waals surface area (Å²) in [6, 6.07) is 17.5. The van der Waals surface area contributed by atoms with Gasteiger partial charge in [0.2, 0.25) is 10.6 Å². The number of nitrogens with zero attached hydrogens (tertiary/aromatic N) is 4. The van der Waals surface area contributed by atoms with E-state index in [-0.39, 0.29) is 0 Å². The number of rotatable bonds is 5. The van der Waals surface area contributed by atoms with Gasteiger partial charge in [-0.1, -0.05) is 46.3 Å². The first-order chi connectivity index (χ1) is 13.7. The first-order valence-corrected chi connectivity index (χ1v) is 9.52. The van der Waals surface area contributed by atoms with Crippen LogP contribution in [0.15, 0.2) is 64.2 Å². The Labute approximate surface area is 174 Å². The molecule has 0 aliphatic carbocycles. The van der Waals surface area contributed by atoms with Crippen molar-refractivity contribution in [1.82, 2.24) is 25.1 Å². The van der Waals surface area contributed by atoms with E-state index in [9.17, 15) is 0 Å². The van der Waals surface area contributed by atoms with Crippen molar-refractivity contribution in [1.29, 1.82) is 0 Å². The smallest absolute Gasteiger partial charge is 0.216 e.